The molecule has 0 N–H and O–H groups in total. The molecule has 0 bridgehead atoms. The van der Waals surface area contributed by atoms with E-state index in [1.807, 2.05) is 0 Å². The topological polar surface area (TPSA) is 0 Å². The molecule has 7 heteroatoms. The van der Waals surface area contributed by atoms with Gasteiger partial charge in [0, 0.05) is 0 Å². The van der Waals surface area contributed by atoms with E-state index in [1.54, 1.807) is 20.8 Å². The number of nitrogens with zero attached hydrogens (tertiary/aromatic N) is 1. The molecule has 104 valence electrons. The van der Waals surface area contributed by atoms with E-state index in [0.29, 0.717) is 0 Å². The molecule has 0 aromatic carbocycles. The van der Waals surface area contributed by atoms with Crippen LogP contribution in [0.2, 0.25) is 0 Å². The van der Waals surface area contributed by atoms with Crippen molar-refractivity contribution in [2.24, 2.45) is 5.92 Å². The van der Waals surface area contributed by atoms with Gasteiger partial charge in [-0.3, -0.25) is 0 Å². The van der Waals surface area contributed by atoms with Gasteiger partial charge < -0.3 is 4.48 Å². The summed E-state index contributed by atoms with van der Waals surface area (Å²) in [6.45, 7) is 4.67. The zero-order valence-corrected chi connectivity index (χ0v) is 10.1. The van der Waals surface area contributed by atoms with Gasteiger partial charge in [0.15, 0.2) is 5.92 Å². The monoisotopic (exact) mass is 266 g/mol. The van der Waals surface area contributed by atoms with Gasteiger partial charge in [-0.05, 0) is 20.8 Å². The van der Waals surface area contributed by atoms with Gasteiger partial charge in [-0.25, -0.2) is 0 Å². The number of halogens is 6. The molecular formula is C10H18F6N+. The molecule has 17 heavy (non-hydrogen) atoms. The summed E-state index contributed by atoms with van der Waals surface area (Å²) in [5, 5.41) is 0. The van der Waals surface area contributed by atoms with Crippen LogP contribution in [0.25, 0.3) is 0 Å². The summed E-state index contributed by atoms with van der Waals surface area (Å²) in [4.78, 5) is 0. The van der Waals surface area contributed by atoms with Gasteiger partial charge in [-0.15, -0.1) is 0 Å². The maximum Gasteiger partial charge on any atom is 0.405 e. The van der Waals surface area contributed by atoms with Gasteiger partial charge >= 0.3 is 12.4 Å². The quantitative estimate of drug-likeness (QED) is 0.527. The van der Waals surface area contributed by atoms with Crippen LogP contribution in [0.1, 0.15) is 20.8 Å². The summed E-state index contributed by atoms with van der Waals surface area (Å²) in [6.07, 6.45) is -10.5. The molecule has 0 fully saturated rings. The van der Waals surface area contributed by atoms with Crippen molar-refractivity contribution in [2.75, 3.05) is 26.2 Å². The first-order valence-electron chi connectivity index (χ1n) is 5.51. The van der Waals surface area contributed by atoms with Crippen LogP contribution in [0, 0.1) is 5.92 Å². The van der Waals surface area contributed by atoms with E-state index < -0.39 is 24.8 Å². The number of quaternary nitrogens is 1. The van der Waals surface area contributed by atoms with Crippen molar-refractivity contribution in [3.05, 3.63) is 0 Å². The van der Waals surface area contributed by atoms with Gasteiger partial charge in [0.05, 0.1) is 26.2 Å². The fourth-order valence-electron chi connectivity index (χ4n) is 1.84. The molecule has 0 aromatic rings. The lowest BCUT2D eigenvalue weighted by atomic mass is 10.1. The van der Waals surface area contributed by atoms with Crippen molar-refractivity contribution in [3.63, 3.8) is 0 Å². The zero-order valence-electron chi connectivity index (χ0n) is 10.1. The summed E-state index contributed by atoms with van der Waals surface area (Å²) in [7, 11) is 0. The van der Waals surface area contributed by atoms with Crippen molar-refractivity contribution in [1.82, 2.24) is 0 Å². The van der Waals surface area contributed by atoms with Crippen LogP contribution < -0.4 is 0 Å². The third kappa shape index (κ3) is 4.37. The highest BCUT2D eigenvalue weighted by Gasteiger charge is 2.59. The summed E-state index contributed by atoms with van der Waals surface area (Å²) in [5.41, 5.74) is 0. The van der Waals surface area contributed by atoms with Crippen molar-refractivity contribution >= 4 is 0 Å². The highest BCUT2D eigenvalue weighted by atomic mass is 19.4. The molecule has 0 radical (unpaired) electrons. The number of hydrogen-bond acceptors (Lipinski definition) is 0. The Bertz CT molecular complexity index is 206. The molecule has 0 spiro atoms. The second-order valence-electron chi connectivity index (χ2n) is 4.11. The first-order valence-corrected chi connectivity index (χ1v) is 5.51. The highest BCUT2D eigenvalue weighted by Crippen LogP contribution is 2.40. The summed E-state index contributed by atoms with van der Waals surface area (Å²) in [5.74, 6) is -3.24. The maximum absolute atomic E-state index is 12.4. The molecule has 0 aliphatic heterocycles. The second-order valence-corrected chi connectivity index (χ2v) is 4.11. The molecule has 0 saturated heterocycles. The van der Waals surface area contributed by atoms with Crippen LogP contribution in [0.4, 0.5) is 26.3 Å². The van der Waals surface area contributed by atoms with Crippen LogP contribution in [0.3, 0.4) is 0 Å². The van der Waals surface area contributed by atoms with Crippen LogP contribution in [-0.2, 0) is 0 Å². The Balaban J connectivity index is 5.12. The Kier molecular flexibility index (Phi) is 5.31. The lowest BCUT2D eigenvalue weighted by molar-refractivity contribution is -0.929. The van der Waals surface area contributed by atoms with Gasteiger partial charge in [0.1, 0.15) is 0 Å². The van der Waals surface area contributed by atoms with E-state index in [1.165, 1.54) is 0 Å². The SMILES string of the molecule is CC[N+](CC)(CC)CC(C(F)(F)F)C(F)(F)F. The average molecular weight is 266 g/mol. The van der Waals surface area contributed by atoms with Gasteiger partial charge in [0.2, 0.25) is 0 Å². The molecule has 0 rings (SSSR count). The number of alkyl halides is 6. The summed E-state index contributed by atoms with van der Waals surface area (Å²) < 4.78 is 74.4. The van der Waals surface area contributed by atoms with Crippen molar-refractivity contribution in [2.45, 2.75) is 33.1 Å². The van der Waals surface area contributed by atoms with Crippen LogP contribution in [-0.4, -0.2) is 43.0 Å². The van der Waals surface area contributed by atoms with Crippen molar-refractivity contribution < 1.29 is 30.8 Å². The van der Waals surface area contributed by atoms with Crippen LogP contribution in [0.5, 0.6) is 0 Å². The van der Waals surface area contributed by atoms with E-state index >= 15 is 0 Å². The normalized spacial score (nSPS) is 14.5. The largest absolute Gasteiger partial charge is 0.405 e. The van der Waals surface area contributed by atoms with Gasteiger partial charge in [-0.2, -0.15) is 26.3 Å². The fourth-order valence-corrected chi connectivity index (χ4v) is 1.84. The molecule has 1 nitrogen and oxygen atoms in total. The molecule has 0 saturated carbocycles. The lowest BCUT2D eigenvalue weighted by Gasteiger charge is -2.39. The number of hydrogen-bond donors (Lipinski definition) is 0. The molecule has 0 heterocycles. The summed E-state index contributed by atoms with van der Waals surface area (Å²) in [6, 6.07) is 0. The van der Waals surface area contributed by atoms with E-state index in [4.69, 9.17) is 0 Å². The van der Waals surface area contributed by atoms with E-state index in [9.17, 15) is 26.3 Å². The molecule has 0 aromatic heterocycles. The minimum Gasteiger partial charge on any atom is -0.323 e. The predicted molar refractivity (Wildman–Crippen MR) is 52.4 cm³/mol. The minimum atomic E-state index is -5.23. The maximum atomic E-state index is 12.4. The second kappa shape index (κ2) is 5.46. The van der Waals surface area contributed by atoms with E-state index in [2.05, 4.69) is 0 Å². The van der Waals surface area contributed by atoms with Crippen molar-refractivity contribution in [3.8, 4) is 0 Å². The first-order chi connectivity index (χ1) is 7.52. The predicted octanol–water partition coefficient (Wildman–Crippen LogP) is 3.60. The van der Waals surface area contributed by atoms with Gasteiger partial charge in [0.25, 0.3) is 0 Å². The van der Waals surface area contributed by atoms with E-state index in [-0.39, 0.29) is 24.1 Å². The third-order valence-electron chi connectivity index (χ3n) is 3.37. The van der Waals surface area contributed by atoms with Crippen LogP contribution >= 0.6 is 0 Å². The standard InChI is InChI=1S/C10H18F6N/c1-4-17(5-2,6-3)7-8(9(11,12)13)10(14,15)16/h8H,4-7H2,1-3H3/q+1. The van der Waals surface area contributed by atoms with Crippen molar-refractivity contribution in [1.29, 1.82) is 0 Å². The molecule has 0 amide bonds. The Morgan fingerprint density at radius 1 is 0.765 bits per heavy atom. The Morgan fingerprint density at radius 3 is 1.24 bits per heavy atom. The Hall–Kier alpha value is -0.460. The highest BCUT2D eigenvalue weighted by molar-refractivity contribution is 4.75. The lowest BCUT2D eigenvalue weighted by Crippen LogP contribution is -2.56. The zero-order chi connectivity index (χ0) is 13.9. The molecule has 0 aliphatic carbocycles. The minimum absolute atomic E-state index is 0.177. The smallest absolute Gasteiger partial charge is 0.323 e. The fraction of sp³-hybridized carbons (Fsp3) is 1.00. The first kappa shape index (κ1) is 16.5. The number of rotatable bonds is 5. The summed E-state index contributed by atoms with van der Waals surface area (Å²) >= 11 is 0. The average Bonchev–Trinajstić information content (AvgIpc) is 2.17. The Morgan fingerprint density at radius 2 is 1.06 bits per heavy atom. The molecular weight excluding hydrogens is 248 g/mol. The van der Waals surface area contributed by atoms with E-state index in [0.717, 1.165) is 0 Å². The molecule has 0 unspecified atom stereocenters. The molecule has 0 atom stereocenters. The third-order valence-corrected chi connectivity index (χ3v) is 3.37. The van der Waals surface area contributed by atoms with Gasteiger partial charge in [-0.1, -0.05) is 0 Å². The molecule has 0 aliphatic rings. The van der Waals surface area contributed by atoms with Crippen LogP contribution in [0.15, 0.2) is 0 Å². The Labute approximate surface area is 97.0 Å².